The molecule has 0 saturated heterocycles. The summed E-state index contributed by atoms with van der Waals surface area (Å²) in [6.45, 7) is 2.54. The number of nitrogens with one attached hydrogen (secondary N) is 1. The summed E-state index contributed by atoms with van der Waals surface area (Å²) in [4.78, 5) is 14.2. The second-order valence-corrected chi connectivity index (χ2v) is 7.54. The Bertz CT molecular complexity index is 822. The number of amides is 1. The molecule has 0 unspecified atom stereocenters. The lowest BCUT2D eigenvalue weighted by atomic mass is 10.1. The van der Waals surface area contributed by atoms with Crippen LogP contribution in [-0.4, -0.2) is 51.7 Å². The van der Waals surface area contributed by atoms with Crippen molar-refractivity contribution in [2.24, 2.45) is 0 Å². The molecule has 2 aromatic carbocycles. The first-order chi connectivity index (χ1) is 14.5. The molecular weight excluding hydrogens is 400 g/mol. The van der Waals surface area contributed by atoms with Crippen LogP contribution < -0.4 is 14.8 Å². The molecule has 0 aromatic heterocycles. The van der Waals surface area contributed by atoms with Gasteiger partial charge in [0.05, 0.1) is 14.2 Å². The summed E-state index contributed by atoms with van der Waals surface area (Å²) in [5.74, 6) is 1.53. The van der Waals surface area contributed by atoms with Gasteiger partial charge < -0.3 is 19.7 Å². The SMILES string of the molecule is COc1ccc(CCN(C)CCCNC(=O)CC=Cc2ccc(Cl)cc2)cc1OC. The van der Waals surface area contributed by atoms with Gasteiger partial charge in [0.1, 0.15) is 0 Å². The van der Waals surface area contributed by atoms with Crippen LogP contribution in [0.5, 0.6) is 11.5 Å². The van der Waals surface area contributed by atoms with Crippen LogP contribution in [0.4, 0.5) is 0 Å². The zero-order chi connectivity index (χ0) is 21.8. The molecule has 1 amide bonds. The van der Waals surface area contributed by atoms with E-state index in [4.69, 9.17) is 21.1 Å². The van der Waals surface area contributed by atoms with E-state index < -0.39 is 0 Å². The maximum atomic E-state index is 11.9. The first-order valence-corrected chi connectivity index (χ1v) is 10.5. The zero-order valence-corrected chi connectivity index (χ0v) is 18.7. The molecule has 0 fully saturated rings. The van der Waals surface area contributed by atoms with Crippen LogP contribution in [0.2, 0.25) is 5.02 Å². The number of benzene rings is 2. The van der Waals surface area contributed by atoms with Crippen LogP contribution >= 0.6 is 11.6 Å². The average Bonchev–Trinajstić information content (AvgIpc) is 2.76. The molecule has 2 aromatic rings. The van der Waals surface area contributed by atoms with E-state index >= 15 is 0 Å². The fourth-order valence-electron chi connectivity index (χ4n) is 2.99. The summed E-state index contributed by atoms with van der Waals surface area (Å²) >= 11 is 5.86. The largest absolute Gasteiger partial charge is 0.493 e. The zero-order valence-electron chi connectivity index (χ0n) is 18.0. The molecule has 0 bridgehead atoms. The van der Waals surface area contributed by atoms with E-state index in [0.29, 0.717) is 18.0 Å². The van der Waals surface area contributed by atoms with Crippen molar-refractivity contribution in [2.75, 3.05) is 40.9 Å². The smallest absolute Gasteiger partial charge is 0.223 e. The highest BCUT2D eigenvalue weighted by molar-refractivity contribution is 6.30. The van der Waals surface area contributed by atoms with E-state index in [1.165, 1.54) is 5.56 Å². The van der Waals surface area contributed by atoms with E-state index in [9.17, 15) is 4.79 Å². The van der Waals surface area contributed by atoms with Crippen molar-refractivity contribution in [3.63, 3.8) is 0 Å². The van der Waals surface area contributed by atoms with E-state index in [1.54, 1.807) is 14.2 Å². The number of hydrogen-bond donors (Lipinski definition) is 1. The molecule has 0 radical (unpaired) electrons. The van der Waals surface area contributed by atoms with Crippen LogP contribution in [0.3, 0.4) is 0 Å². The van der Waals surface area contributed by atoms with Gasteiger partial charge in [0.25, 0.3) is 0 Å². The molecule has 0 heterocycles. The maximum absolute atomic E-state index is 11.9. The fourth-order valence-corrected chi connectivity index (χ4v) is 3.12. The minimum atomic E-state index is 0.0354. The summed E-state index contributed by atoms with van der Waals surface area (Å²) < 4.78 is 10.6. The van der Waals surface area contributed by atoms with Crippen LogP contribution in [0.1, 0.15) is 24.0 Å². The highest BCUT2D eigenvalue weighted by Crippen LogP contribution is 2.27. The maximum Gasteiger partial charge on any atom is 0.223 e. The Morgan fingerprint density at radius 2 is 1.80 bits per heavy atom. The quantitative estimate of drug-likeness (QED) is 0.506. The molecule has 0 atom stereocenters. The highest BCUT2D eigenvalue weighted by Gasteiger charge is 2.06. The number of hydrogen-bond acceptors (Lipinski definition) is 4. The molecule has 0 saturated carbocycles. The number of rotatable bonds is 12. The third kappa shape index (κ3) is 8.47. The van der Waals surface area contributed by atoms with Gasteiger partial charge in [-0.1, -0.05) is 42.0 Å². The van der Waals surface area contributed by atoms with Gasteiger partial charge in [-0.05, 0) is 61.8 Å². The molecule has 1 N–H and O–H groups in total. The third-order valence-electron chi connectivity index (χ3n) is 4.75. The number of carbonyl (C=O) groups is 1. The van der Waals surface area contributed by atoms with Crippen LogP contribution in [0.15, 0.2) is 48.5 Å². The molecule has 0 aliphatic carbocycles. The topological polar surface area (TPSA) is 50.8 Å². The number of ether oxygens (including phenoxy) is 2. The summed E-state index contributed by atoms with van der Waals surface area (Å²) in [6.07, 6.45) is 6.01. The lowest BCUT2D eigenvalue weighted by molar-refractivity contribution is -0.120. The second-order valence-electron chi connectivity index (χ2n) is 7.10. The van der Waals surface area contributed by atoms with Crippen molar-refractivity contribution in [3.8, 4) is 11.5 Å². The van der Waals surface area contributed by atoms with Crippen molar-refractivity contribution in [2.45, 2.75) is 19.3 Å². The number of nitrogens with zero attached hydrogens (tertiary/aromatic N) is 1. The van der Waals surface area contributed by atoms with Crippen molar-refractivity contribution in [1.82, 2.24) is 10.2 Å². The van der Waals surface area contributed by atoms with E-state index in [0.717, 1.165) is 43.0 Å². The normalized spacial score (nSPS) is 11.1. The van der Waals surface area contributed by atoms with Crippen LogP contribution in [0, 0.1) is 0 Å². The van der Waals surface area contributed by atoms with Gasteiger partial charge in [0.2, 0.25) is 5.91 Å². The summed E-state index contributed by atoms with van der Waals surface area (Å²) in [6, 6.07) is 13.5. The Morgan fingerprint density at radius 1 is 1.07 bits per heavy atom. The minimum Gasteiger partial charge on any atom is -0.493 e. The van der Waals surface area contributed by atoms with E-state index in [-0.39, 0.29) is 5.91 Å². The Balaban J connectivity index is 1.60. The van der Waals surface area contributed by atoms with Gasteiger partial charge in [-0.15, -0.1) is 0 Å². The monoisotopic (exact) mass is 430 g/mol. The molecule has 2 rings (SSSR count). The molecule has 162 valence electrons. The molecule has 6 heteroatoms. The molecule has 0 aliphatic heterocycles. The predicted octanol–water partition coefficient (Wildman–Crippen LogP) is 4.44. The predicted molar refractivity (Wildman–Crippen MR) is 123 cm³/mol. The van der Waals surface area contributed by atoms with Crippen LogP contribution in [-0.2, 0) is 11.2 Å². The molecular formula is C24H31ClN2O3. The molecule has 0 spiro atoms. The van der Waals surface area contributed by atoms with Crippen molar-refractivity contribution in [3.05, 3.63) is 64.7 Å². The first kappa shape index (κ1) is 23.8. The van der Waals surface area contributed by atoms with Crippen molar-refractivity contribution in [1.29, 1.82) is 0 Å². The Hall–Kier alpha value is -2.50. The van der Waals surface area contributed by atoms with Gasteiger partial charge in [-0.3, -0.25) is 4.79 Å². The van der Waals surface area contributed by atoms with E-state index in [2.05, 4.69) is 23.3 Å². The Labute approximate surface area is 184 Å². The molecule has 0 aliphatic rings. The van der Waals surface area contributed by atoms with Crippen LogP contribution in [0.25, 0.3) is 6.08 Å². The van der Waals surface area contributed by atoms with Gasteiger partial charge in [-0.25, -0.2) is 0 Å². The van der Waals surface area contributed by atoms with Gasteiger partial charge in [-0.2, -0.15) is 0 Å². The minimum absolute atomic E-state index is 0.0354. The first-order valence-electron chi connectivity index (χ1n) is 10.1. The van der Waals surface area contributed by atoms with Crippen molar-refractivity contribution < 1.29 is 14.3 Å². The summed E-state index contributed by atoms with van der Waals surface area (Å²) in [5.41, 5.74) is 2.24. The molecule has 5 nitrogen and oxygen atoms in total. The molecule has 30 heavy (non-hydrogen) atoms. The number of methoxy groups -OCH3 is 2. The second kappa shape index (κ2) is 12.9. The summed E-state index contributed by atoms with van der Waals surface area (Å²) in [7, 11) is 5.38. The van der Waals surface area contributed by atoms with Gasteiger partial charge in [0.15, 0.2) is 11.5 Å². The van der Waals surface area contributed by atoms with Gasteiger partial charge in [0, 0.05) is 24.5 Å². The Kier molecular flexibility index (Phi) is 10.3. The van der Waals surface area contributed by atoms with E-state index in [1.807, 2.05) is 48.6 Å². The summed E-state index contributed by atoms with van der Waals surface area (Å²) in [5, 5.41) is 3.67. The number of likely N-dealkylation sites (N-methyl/N-ethyl adjacent to an activating group) is 1. The number of carbonyl (C=O) groups excluding carboxylic acids is 1. The Morgan fingerprint density at radius 3 is 2.50 bits per heavy atom. The lowest BCUT2D eigenvalue weighted by Crippen LogP contribution is -2.28. The third-order valence-corrected chi connectivity index (χ3v) is 5.00. The van der Waals surface area contributed by atoms with Gasteiger partial charge >= 0.3 is 0 Å². The number of halogens is 1. The average molecular weight is 431 g/mol. The highest BCUT2D eigenvalue weighted by atomic mass is 35.5. The van der Waals surface area contributed by atoms with Crippen molar-refractivity contribution >= 4 is 23.6 Å². The lowest BCUT2D eigenvalue weighted by Gasteiger charge is -2.17. The standard InChI is InChI=1S/C24H31ClN2O3/c1-27(17-14-20-10-13-22(29-2)23(18-20)30-3)16-5-15-26-24(28)7-4-6-19-8-11-21(25)12-9-19/h4,6,8-13,18H,5,7,14-17H2,1-3H3,(H,26,28). The fraction of sp³-hybridized carbons (Fsp3) is 0.375.